The molecule has 1 atom stereocenters. The average Bonchev–Trinajstić information content (AvgIpc) is 2.15. The first-order valence-corrected chi connectivity index (χ1v) is 5.15. The highest BCUT2D eigenvalue weighted by Gasteiger charge is 2.05. The van der Waals surface area contributed by atoms with Crippen molar-refractivity contribution < 1.29 is 5.11 Å². The molecule has 0 fully saturated rings. The lowest BCUT2D eigenvalue weighted by atomic mass is 10.1. The number of benzene rings is 1. The van der Waals surface area contributed by atoms with Crippen molar-refractivity contribution in [1.82, 2.24) is 0 Å². The number of aliphatic hydroxyl groups is 1. The number of hydrogen-bond donors (Lipinski definition) is 1. The van der Waals surface area contributed by atoms with Crippen LogP contribution in [0.25, 0.3) is 0 Å². The number of alkyl halides is 1. The van der Waals surface area contributed by atoms with E-state index in [9.17, 15) is 5.11 Å². The lowest BCUT2D eigenvalue weighted by Gasteiger charge is -2.09. The van der Waals surface area contributed by atoms with Crippen LogP contribution in [0.15, 0.2) is 24.3 Å². The molecule has 0 aliphatic heterocycles. The van der Waals surface area contributed by atoms with Gasteiger partial charge in [0.05, 0.1) is 6.10 Å². The average molecular weight is 219 g/mol. The summed E-state index contributed by atoms with van der Waals surface area (Å²) in [7, 11) is 0. The van der Waals surface area contributed by atoms with Crippen molar-refractivity contribution in [3.63, 3.8) is 0 Å². The minimum atomic E-state index is -0.420. The highest BCUT2D eigenvalue weighted by molar-refractivity contribution is 6.30. The molecular weight excluding hydrogens is 207 g/mol. The minimum Gasteiger partial charge on any atom is -0.388 e. The van der Waals surface area contributed by atoms with Gasteiger partial charge in [0.1, 0.15) is 0 Å². The largest absolute Gasteiger partial charge is 0.388 e. The van der Waals surface area contributed by atoms with E-state index in [1.807, 2.05) is 12.1 Å². The van der Waals surface area contributed by atoms with E-state index in [0.29, 0.717) is 17.3 Å². The first-order chi connectivity index (χ1) is 6.24. The Morgan fingerprint density at radius 3 is 2.38 bits per heavy atom. The van der Waals surface area contributed by atoms with Crippen LogP contribution in [0, 0.1) is 0 Å². The van der Waals surface area contributed by atoms with Crippen LogP contribution in [0.3, 0.4) is 0 Å². The fraction of sp³-hybridized carbons (Fsp3) is 0.400. The Kier molecular flexibility index (Phi) is 4.57. The van der Waals surface area contributed by atoms with E-state index in [1.165, 1.54) is 0 Å². The van der Waals surface area contributed by atoms with Gasteiger partial charge in [0.2, 0.25) is 0 Å². The van der Waals surface area contributed by atoms with E-state index in [4.69, 9.17) is 23.2 Å². The number of aliphatic hydroxyl groups excluding tert-OH is 1. The van der Waals surface area contributed by atoms with Crippen LogP contribution in [0.2, 0.25) is 5.02 Å². The Labute approximate surface area is 88.3 Å². The lowest BCUT2D eigenvalue weighted by Crippen LogP contribution is -1.97. The van der Waals surface area contributed by atoms with E-state index in [1.54, 1.807) is 12.1 Å². The van der Waals surface area contributed by atoms with Gasteiger partial charge in [0.25, 0.3) is 0 Å². The van der Waals surface area contributed by atoms with Crippen LogP contribution in [-0.2, 0) is 0 Å². The summed E-state index contributed by atoms with van der Waals surface area (Å²) in [5.41, 5.74) is 0.898. The lowest BCUT2D eigenvalue weighted by molar-refractivity contribution is 0.167. The minimum absolute atomic E-state index is 0.420. The molecule has 3 heteroatoms. The predicted molar refractivity (Wildman–Crippen MR) is 56.4 cm³/mol. The predicted octanol–water partition coefficient (Wildman–Crippen LogP) is 3.39. The SMILES string of the molecule is OC(CCCCl)c1ccc(Cl)cc1. The molecule has 1 unspecified atom stereocenters. The van der Waals surface area contributed by atoms with Gasteiger partial charge >= 0.3 is 0 Å². The first-order valence-electron chi connectivity index (χ1n) is 4.23. The van der Waals surface area contributed by atoms with Crippen molar-refractivity contribution in [2.75, 3.05) is 5.88 Å². The Balaban J connectivity index is 2.55. The van der Waals surface area contributed by atoms with Gasteiger partial charge in [-0.25, -0.2) is 0 Å². The Hall–Kier alpha value is -0.240. The molecule has 0 aliphatic carbocycles. The molecule has 0 amide bonds. The summed E-state index contributed by atoms with van der Waals surface area (Å²) in [4.78, 5) is 0. The first kappa shape index (κ1) is 10.8. The highest BCUT2D eigenvalue weighted by Crippen LogP contribution is 2.20. The molecule has 1 aromatic carbocycles. The summed E-state index contributed by atoms with van der Waals surface area (Å²) in [6, 6.07) is 7.23. The zero-order valence-corrected chi connectivity index (χ0v) is 8.72. The maximum absolute atomic E-state index is 9.64. The van der Waals surface area contributed by atoms with Gasteiger partial charge in [-0.3, -0.25) is 0 Å². The van der Waals surface area contributed by atoms with Gasteiger partial charge in [0, 0.05) is 10.9 Å². The third kappa shape index (κ3) is 3.55. The molecular formula is C10H12Cl2O. The van der Waals surface area contributed by atoms with Gasteiger partial charge in [-0.05, 0) is 30.5 Å². The molecule has 1 aromatic rings. The second kappa shape index (κ2) is 5.48. The summed E-state index contributed by atoms with van der Waals surface area (Å²) in [6.45, 7) is 0. The van der Waals surface area contributed by atoms with Crippen molar-refractivity contribution in [2.24, 2.45) is 0 Å². The van der Waals surface area contributed by atoms with Crippen LogP contribution in [-0.4, -0.2) is 11.0 Å². The van der Waals surface area contributed by atoms with E-state index >= 15 is 0 Å². The van der Waals surface area contributed by atoms with E-state index < -0.39 is 6.10 Å². The topological polar surface area (TPSA) is 20.2 Å². The van der Waals surface area contributed by atoms with Crippen molar-refractivity contribution in [2.45, 2.75) is 18.9 Å². The van der Waals surface area contributed by atoms with Crippen molar-refractivity contribution in [3.8, 4) is 0 Å². The van der Waals surface area contributed by atoms with Crippen LogP contribution in [0.4, 0.5) is 0 Å². The van der Waals surface area contributed by atoms with Crippen molar-refractivity contribution in [3.05, 3.63) is 34.9 Å². The maximum atomic E-state index is 9.64. The molecule has 0 aromatic heterocycles. The molecule has 0 aliphatic rings. The van der Waals surface area contributed by atoms with Crippen LogP contribution < -0.4 is 0 Å². The Morgan fingerprint density at radius 2 is 1.85 bits per heavy atom. The van der Waals surface area contributed by atoms with Gasteiger partial charge in [0.15, 0.2) is 0 Å². The molecule has 0 spiro atoms. The van der Waals surface area contributed by atoms with E-state index in [-0.39, 0.29) is 0 Å². The molecule has 13 heavy (non-hydrogen) atoms. The summed E-state index contributed by atoms with van der Waals surface area (Å²) in [6.07, 6.45) is 1.10. The summed E-state index contributed by atoms with van der Waals surface area (Å²) >= 11 is 11.2. The molecule has 72 valence electrons. The molecule has 0 saturated carbocycles. The smallest absolute Gasteiger partial charge is 0.0790 e. The monoisotopic (exact) mass is 218 g/mol. The standard InChI is InChI=1S/C10H12Cl2O/c11-7-1-2-10(13)8-3-5-9(12)6-4-8/h3-6,10,13H,1-2,7H2. The van der Waals surface area contributed by atoms with Gasteiger partial charge < -0.3 is 5.11 Å². The molecule has 0 bridgehead atoms. The van der Waals surface area contributed by atoms with Crippen LogP contribution in [0.1, 0.15) is 24.5 Å². The maximum Gasteiger partial charge on any atom is 0.0790 e. The Morgan fingerprint density at radius 1 is 1.23 bits per heavy atom. The molecule has 0 radical (unpaired) electrons. The second-order valence-electron chi connectivity index (χ2n) is 2.90. The molecule has 0 heterocycles. The normalized spacial score (nSPS) is 12.8. The third-order valence-corrected chi connectivity index (χ3v) is 2.39. The van der Waals surface area contributed by atoms with E-state index in [0.717, 1.165) is 12.0 Å². The van der Waals surface area contributed by atoms with Gasteiger partial charge in [-0.15, -0.1) is 11.6 Å². The second-order valence-corrected chi connectivity index (χ2v) is 3.71. The third-order valence-electron chi connectivity index (χ3n) is 1.87. The molecule has 0 saturated heterocycles. The molecule has 1 N–H and O–H groups in total. The number of hydrogen-bond acceptors (Lipinski definition) is 1. The van der Waals surface area contributed by atoms with Gasteiger partial charge in [-0.2, -0.15) is 0 Å². The van der Waals surface area contributed by atoms with Crippen LogP contribution in [0.5, 0.6) is 0 Å². The molecule has 1 nitrogen and oxygen atoms in total. The summed E-state index contributed by atoms with van der Waals surface area (Å²) in [5, 5.41) is 10.3. The number of rotatable bonds is 4. The zero-order valence-electron chi connectivity index (χ0n) is 7.21. The molecule has 1 rings (SSSR count). The van der Waals surface area contributed by atoms with Crippen LogP contribution >= 0.6 is 23.2 Å². The van der Waals surface area contributed by atoms with Gasteiger partial charge in [-0.1, -0.05) is 23.7 Å². The number of halogens is 2. The quantitative estimate of drug-likeness (QED) is 0.769. The Bertz CT molecular complexity index is 246. The highest BCUT2D eigenvalue weighted by atomic mass is 35.5. The van der Waals surface area contributed by atoms with Crippen molar-refractivity contribution in [1.29, 1.82) is 0 Å². The van der Waals surface area contributed by atoms with Crippen molar-refractivity contribution >= 4 is 23.2 Å². The zero-order chi connectivity index (χ0) is 9.68. The summed E-state index contributed by atoms with van der Waals surface area (Å²) < 4.78 is 0. The summed E-state index contributed by atoms with van der Waals surface area (Å²) in [5.74, 6) is 0.588. The fourth-order valence-electron chi connectivity index (χ4n) is 1.12. The fourth-order valence-corrected chi connectivity index (χ4v) is 1.40. The van der Waals surface area contributed by atoms with E-state index in [2.05, 4.69) is 0 Å².